The molecule has 2 aromatic carbocycles. The van der Waals surface area contributed by atoms with E-state index in [1.165, 1.54) is 18.2 Å². The molecule has 0 fully saturated rings. The first-order chi connectivity index (χ1) is 14.9. The maximum atomic E-state index is 12.3. The second-order valence-electron chi connectivity index (χ2n) is 7.05. The molecule has 0 saturated carbocycles. The Hall–Kier alpha value is -3.58. The SMILES string of the molecule is CCN(CC)CCOc1ccc(-c2[nH]c(=O)c(C(=O)O)cc2-c2ccc(O)cc2)cc1. The average molecular weight is 422 g/mol. The number of carboxylic acid groups (broad SMARTS) is 1. The lowest BCUT2D eigenvalue weighted by atomic mass is 9.97. The van der Waals surface area contributed by atoms with Crippen LogP contribution in [0.15, 0.2) is 59.4 Å². The van der Waals surface area contributed by atoms with Crippen LogP contribution >= 0.6 is 0 Å². The summed E-state index contributed by atoms with van der Waals surface area (Å²) >= 11 is 0. The number of phenols is 1. The molecular weight excluding hydrogens is 396 g/mol. The number of likely N-dealkylation sites (N-methyl/N-ethyl adjacent to an activating group) is 1. The normalized spacial score (nSPS) is 10.9. The number of aromatic hydroxyl groups is 1. The van der Waals surface area contributed by atoms with Crippen molar-refractivity contribution in [3.8, 4) is 33.9 Å². The van der Waals surface area contributed by atoms with E-state index in [1.54, 1.807) is 12.1 Å². The van der Waals surface area contributed by atoms with Crippen molar-refractivity contribution in [1.82, 2.24) is 9.88 Å². The molecule has 0 aliphatic rings. The van der Waals surface area contributed by atoms with Crippen molar-refractivity contribution in [1.29, 1.82) is 0 Å². The summed E-state index contributed by atoms with van der Waals surface area (Å²) in [7, 11) is 0. The number of aromatic carboxylic acids is 1. The highest BCUT2D eigenvalue weighted by Crippen LogP contribution is 2.32. The van der Waals surface area contributed by atoms with Crippen molar-refractivity contribution < 1.29 is 19.7 Å². The summed E-state index contributed by atoms with van der Waals surface area (Å²) in [5.41, 5.74) is 1.41. The molecule has 3 aromatic rings. The number of carboxylic acids is 1. The number of phenolic OH excluding ortho intramolecular Hbond substituents is 1. The molecule has 162 valence electrons. The number of carbonyl (C=O) groups is 1. The van der Waals surface area contributed by atoms with Gasteiger partial charge in [-0.15, -0.1) is 0 Å². The van der Waals surface area contributed by atoms with Gasteiger partial charge in [-0.3, -0.25) is 4.79 Å². The van der Waals surface area contributed by atoms with Crippen LogP contribution in [0.1, 0.15) is 24.2 Å². The third-order valence-electron chi connectivity index (χ3n) is 5.16. The summed E-state index contributed by atoms with van der Waals surface area (Å²) in [5.74, 6) is -0.490. The van der Waals surface area contributed by atoms with Crippen LogP contribution in [-0.4, -0.2) is 52.3 Å². The summed E-state index contributed by atoms with van der Waals surface area (Å²) in [6, 6.07) is 15.0. The lowest BCUT2D eigenvalue weighted by molar-refractivity contribution is 0.0695. The van der Waals surface area contributed by atoms with E-state index < -0.39 is 11.5 Å². The van der Waals surface area contributed by atoms with E-state index in [4.69, 9.17) is 4.74 Å². The number of hydrogen-bond donors (Lipinski definition) is 3. The molecule has 3 rings (SSSR count). The van der Waals surface area contributed by atoms with Crippen LogP contribution in [0.3, 0.4) is 0 Å². The maximum absolute atomic E-state index is 12.3. The first-order valence-corrected chi connectivity index (χ1v) is 10.2. The van der Waals surface area contributed by atoms with Crippen LogP contribution in [0.25, 0.3) is 22.4 Å². The number of benzene rings is 2. The van der Waals surface area contributed by atoms with E-state index in [2.05, 4.69) is 23.7 Å². The van der Waals surface area contributed by atoms with Gasteiger partial charge < -0.3 is 24.8 Å². The summed E-state index contributed by atoms with van der Waals surface area (Å²) in [6.45, 7) is 7.57. The average Bonchev–Trinajstić information content (AvgIpc) is 2.77. The van der Waals surface area contributed by atoms with Crippen LogP contribution in [0, 0.1) is 0 Å². The Morgan fingerprint density at radius 1 is 1.00 bits per heavy atom. The quantitative estimate of drug-likeness (QED) is 0.484. The fourth-order valence-electron chi connectivity index (χ4n) is 3.34. The van der Waals surface area contributed by atoms with Crippen molar-refractivity contribution in [3.63, 3.8) is 0 Å². The molecule has 31 heavy (non-hydrogen) atoms. The van der Waals surface area contributed by atoms with E-state index >= 15 is 0 Å². The first kappa shape index (κ1) is 22.1. The highest BCUT2D eigenvalue weighted by Gasteiger charge is 2.16. The van der Waals surface area contributed by atoms with Gasteiger partial charge in [0.05, 0.1) is 5.69 Å². The van der Waals surface area contributed by atoms with E-state index in [1.807, 2.05) is 24.3 Å². The van der Waals surface area contributed by atoms with Crippen LogP contribution in [0.5, 0.6) is 11.5 Å². The number of pyridine rings is 1. The second kappa shape index (κ2) is 9.95. The Morgan fingerprint density at radius 2 is 1.61 bits per heavy atom. The van der Waals surface area contributed by atoms with Gasteiger partial charge in [0.1, 0.15) is 23.7 Å². The Labute approximate surface area is 180 Å². The zero-order chi connectivity index (χ0) is 22.4. The maximum Gasteiger partial charge on any atom is 0.341 e. The second-order valence-corrected chi connectivity index (χ2v) is 7.05. The lowest BCUT2D eigenvalue weighted by Crippen LogP contribution is -2.27. The minimum absolute atomic E-state index is 0.0967. The third-order valence-corrected chi connectivity index (χ3v) is 5.16. The smallest absolute Gasteiger partial charge is 0.341 e. The Morgan fingerprint density at radius 3 is 2.19 bits per heavy atom. The summed E-state index contributed by atoms with van der Waals surface area (Å²) in [6.07, 6.45) is 0. The molecule has 0 aliphatic carbocycles. The number of aromatic nitrogens is 1. The molecule has 0 radical (unpaired) electrons. The highest BCUT2D eigenvalue weighted by molar-refractivity contribution is 5.91. The van der Waals surface area contributed by atoms with Gasteiger partial charge in [-0.1, -0.05) is 26.0 Å². The third kappa shape index (κ3) is 5.32. The van der Waals surface area contributed by atoms with Crippen molar-refractivity contribution in [3.05, 3.63) is 70.5 Å². The molecule has 0 saturated heterocycles. The standard InChI is InChI=1S/C24H26N2O5/c1-3-26(4-2)13-14-31-19-11-7-17(8-12-19)22-20(16-5-9-18(27)10-6-16)15-21(24(29)30)23(28)25-22/h5-12,15,27H,3-4,13-14H2,1-2H3,(H,25,28)(H,29,30). The number of H-pyrrole nitrogens is 1. The number of rotatable bonds is 9. The van der Waals surface area contributed by atoms with Crippen LogP contribution in [-0.2, 0) is 0 Å². The van der Waals surface area contributed by atoms with Gasteiger partial charge in [-0.05, 0) is 66.7 Å². The Kier molecular flexibility index (Phi) is 7.10. The van der Waals surface area contributed by atoms with Gasteiger partial charge in [0, 0.05) is 12.1 Å². The molecule has 0 atom stereocenters. The fraction of sp³-hybridized carbons (Fsp3) is 0.250. The highest BCUT2D eigenvalue weighted by atomic mass is 16.5. The van der Waals surface area contributed by atoms with Gasteiger partial charge >= 0.3 is 5.97 Å². The zero-order valence-corrected chi connectivity index (χ0v) is 17.6. The van der Waals surface area contributed by atoms with Gasteiger partial charge in [0.15, 0.2) is 0 Å². The number of ether oxygens (including phenoxy) is 1. The lowest BCUT2D eigenvalue weighted by Gasteiger charge is -2.18. The van der Waals surface area contributed by atoms with Crippen LogP contribution < -0.4 is 10.3 Å². The number of hydrogen-bond acceptors (Lipinski definition) is 5. The molecule has 0 bridgehead atoms. The molecule has 0 unspecified atom stereocenters. The number of nitrogens with zero attached hydrogens (tertiary/aromatic N) is 1. The largest absolute Gasteiger partial charge is 0.508 e. The van der Waals surface area contributed by atoms with E-state index in [9.17, 15) is 19.8 Å². The minimum Gasteiger partial charge on any atom is -0.508 e. The summed E-state index contributed by atoms with van der Waals surface area (Å²) in [4.78, 5) is 28.8. The Balaban J connectivity index is 1.92. The molecule has 1 aromatic heterocycles. The molecule has 0 amide bonds. The van der Waals surface area contributed by atoms with Crippen molar-refractivity contribution >= 4 is 5.97 Å². The molecule has 0 spiro atoms. The predicted octanol–water partition coefficient (Wildman–Crippen LogP) is 3.83. The van der Waals surface area contributed by atoms with E-state index in [0.717, 1.165) is 19.6 Å². The van der Waals surface area contributed by atoms with Gasteiger partial charge in [0.25, 0.3) is 5.56 Å². The van der Waals surface area contributed by atoms with E-state index in [0.29, 0.717) is 34.7 Å². The minimum atomic E-state index is -1.30. The Bertz CT molecular complexity index is 1080. The van der Waals surface area contributed by atoms with Gasteiger partial charge in [0.2, 0.25) is 0 Å². The topological polar surface area (TPSA) is 103 Å². The van der Waals surface area contributed by atoms with Crippen molar-refractivity contribution in [2.45, 2.75) is 13.8 Å². The molecule has 3 N–H and O–H groups in total. The first-order valence-electron chi connectivity index (χ1n) is 10.2. The molecule has 1 heterocycles. The summed E-state index contributed by atoms with van der Waals surface area (Å²) in [5, 5.41) is 18.9. The van der Waals surface area contributed by atoms with Crippen molar-refractivity contribution in [2.75, 3.05) is 26.2 Å². The number of aromatic amines is 1. The van der Waals surface area contributed by atoms with Gasteiger partial charge in [-0.2, -0.15) is 0 Å². The number of nitrogens with one attached hydrogen (secondary N) is 1. The zero-order valence-electron chi connectivity index (χ0n) is 17.6. The van der Waals surface area contributed by atoms with E-state index in [-0.39, 0.29) is 11.3 Å². The molecular formula is C24H26N2O5. The van der Waals surface area contributed by atoms with Crippen LogP contribution in [0.2, 0.25) is 0 Å². The fourth-order valence-corrected chi connectivity index (χ4v) is 3.34. The van der Waals surface area contributed by atoms with Crippen molar-refractivity contribution in [2.24, 2.45) is 0 Å². The van der Waals surface area contributed by atoms with Crippen LogP contribution in [0.4, 0.5) is 0 Å². The van der Waals surface area contributed by atoms with Gasteiger partial charge in [-0.25, -0.2) is 4.79 Å². The predicted molar refractivity (Wildman–Crippen MR) is 120 cm³/mol. The molecule has 0 aliphatic heterocycles. The molecule has 7 heteroatoms. The molecule has 7 nitrogen and oxygen atoms in total. The summed E-state index contributed by atoms with van der Waals surface area (Å²) < 4.78 is 5.81. The monoisotopic (exact) mass is 422 g/mol.